The molecule has 2 aromatic carbocycles. The van der Waals surface area contributed by atoms with Crippen LogP contribution in [0.1, 0.15) is 11.3 Å². The van der Waals surface area contributed by atoms with Crippen molar-refractivity contribution in [3.8, 4) is 5.75 Å². The molecule has 0 spiro atoms. The van der Waals surface area contributed by atoms with Gasteiger partial charge in [-0.15, -0.1) is 0 Å². The van der Waals surface area contributed by atoms with Crippen LogP contribution in [0.2, 0.25) is 0 Å². The fraction of sp³-hybridized carbons (Fsp3) is 0.118. The van der Waals surface area contributed by atoms with Crippen LogP contribution < -0.4 is 10.5 Å². The summed E-state index contributed by atoms with van der Waals surface area (Å²) in [6.45, 7) is 0.547. The number of nitrogens with two attached hydrogens (primary N) is 1. The van der Waals surface area contributed by atoms with Gasteiger partial charge in [0.25, 0.3) is 0 Å². The Labute approximate surface area is 123 Å². The number of aromatic nitrogens is 1. The zero-order chi connectivity index (χ0) is 14.7. The third kappa shape index (κ3) is 2.89. The average Bonchev–Trinajstić information content (AvgIpc) is 2.97. The van der Waals surface area contributed by atoms with Gasteiger partial charge in [-0.2, -0.15) is 0 Å². The third-order valence-electron chi connectivity index (χ3n) is 3.40. The van der Waals surface area contributed by atoms with Gasteiger partial charge in [0.05, 0.1) is 19.3 Å². The number of rotatable bonds is 4. The van der Waals surface area contributed by atoms with Gasteiger partial charge in [-0.1, -0.05) is 30.3 Å². The van der Waals surface area contributed by atoms with Crippen molar-refractivity contribution in [3.05, 3.63) is 65.9 Å². The summed E-state index contributed by atoms with van der Waals surface area (Å²) >= 11 is 0. The van der Waals surface area contributed by atoms with Gasteiger partial charge in [-0.25, -0.2) is 0 Å². The van der Waals surface area contributed by atoms with Crippen LogP contribution in [-0.2, 0) is 6.54 Å². The number of fused-ring (bicyclic) bond motifs is 1. The molecule has 0 bridgehead atoms. The molecule has 4 nitrogen and oxygen atoms in total. The van der Waals surface area contributed by atoms with Crippen molar-refractivity contribution in [2.75, 3.05) is 7.11 Å². The predicted molar refractivity (Wildman–Crippen MR) is 85.7 cm³/mol. The van der Waals surface area contributed by atoms with E-state index in [2.05, 4.69) is 9.98 Å². The minimum atomic E-state index is 0.516. The Kier molecular flexibility index (Phi) is 3.60. The Morgan fingerprint density at radius 3 is 2.62 bits per heavy atom. The summed E-state index contributed by atoms with van der Waals surface area (Å²) in [5.74, 6) is 1.35. The molecular formula is C17H17N3O. The van der Waals surface area contributed by atoms with Crippen LogP contribution in [0, 0.1) is 0 Å². The first-order valence-corrected chi connectivity index (χ1v) is 6.77. The number of methoxy groups -OCH3 is 1. The Morgan fingerprint density at radius 1 is 1.14 bits per heavy atom. The lowest BCUT2D eigenvalue weighted by Crippen LogP contribution is -2.14. The van der Waals surface area contributed by atoms with Gasteiger partial charge in [0, 0.05) is 10.9 Å². The minimum absolute atomic E-state index is 0.516. The largest absolute Gasteiger partial charge is 0.497 e. The first kappa shape index (κ1) is 13.2. The summed E-state index contributed by atoms with van der Waals surface area (Å²) in [5, 5.41) is 1.13. The van der Waals surface area contributed by atoms with Crippen LogP contribution >= 0.6 is 0 Å². The molecule has 0 radical (unpaired) electrons. The van der Waals surface area contributed by atoms with Crippen LogP contribution in [0.15, 0.2) is 59.6 Å². The highest BCUT2D eigenvalue weighted by molar-refractivity contribution is 6.00. The average molecular weight is 279 g/mol. The highest BCUT2D eigenvalue weighted by Gasteiger charge is 2.03. The van der Waals surface area contributed by atoms with Crippen LogP contribution in [0.5, 0.6) is 5.75 Å². The van der Waals surface area contributed by atoms with Gasteiger partial charge in [0.2, 0.25) is 0 Å². The van der Waals surface area contributed by atoms with Crippen LogP contribution in [-0.4, -0.2) is 17.9 Å². The zero-order valence-corrected chi connectivity index (χ0v) is 11.8. The number of H-pyrrole nitrogens is 1. The Bertz CT molecular complexity index is 739. The molecule has 106 valence electrons. The maximum Gasteiger partial charge on any atom is 0.142 e. The lowest BCUT2D eigenvalue weighted by molar-refractivity contribution is 0.414. The standard InChI is InChI=1S/C17H17N3O/c1-21-14-8-6-12(7-9-14)11-19-17(18)16-10-13-4-2-3-5-15(13)20-16/h2-10,20H,11H2,1H3,(H2,18,19). The number of nitrogens with zero attached hydrogens (tertiary/aromatic N) is 1. The Morgan fingerprint density at radius 2 is 1.90 bits per heavy atom. The van der Waals surface area contributed by atoms with Crippen molar-refractivity contribution >= 4 is 16.7 Å². The van der Waals surface area contributed by atoms with Crippen molar-refractivity contribution in [2.24, 2.45) is 10.7 Å². The van der Waals surface area contributed by atoms with Crippen molar-refractivity contribution in [3.63, 3.8) is 0 Å². The Hall–Kier alpha value is -2.75. The topological polar surface area (TPSA) is 63.4 Å². The fourth-order valence-electron chi connectivity index (χ4n) is 2.20. The van der Waals surface area contributed by atoms with E-state index in [1.54, 1.807) is 7.11 Å². The maximum absolute atomic E-state index is 6.06. The second-order valence-electron chi connectivity index (χ2n) is 4.82. The second kappa shape index (κ2) is 5.71. The summed E-state index contributed by atoms with van der Waals surface area (Å²) in [5.41, 5.74) is 9.07. The van der Waals surface area contributed by atoms with Crippen LogP contribution in [0.3, 0.4) is 0 Å². The first-order chi connectivity index (χ1) is 10.3. The van der Waals surface area contributed by atoms with E-state index in [0.29, 0.717) is 12.4 Å². The van der Waals surface area contributed by atoms with Gasteiger partial charge in [-0.05, 0) is 29.8 Å². The molecule has 1 heterocycles. The molecule has 0 saturated carbocycles. The molecule has 0 aliphatic rings. The number of hydrogen-bond donors (Lipinski definition) is 2. The van der Waals surface area contributed by atoms with E-state index in [-0.39, 0.29) is 0 Å². The van der Waals surface area contributed by atoms with E-state index in [1.165, 1.54) is 0 Å². The SMILES string of the molecule is COc1ccc(CN=C(N)c2cc3ccccc3[nH]2)cc1. The maximum atomic E-state index is 6.06. The van der Waals surface area contributed by atoms with Gasteiger partial charge in [0.15, 0.2) is 0 Å². The number of aromatic amines is 1. The third-order valence-corrected chi connectivity index (χ3v) is 3.40. The quantitative estimate of drug-likeness (QED) is 0.569. The molecule has 21 heavy (non-hydrogen) atoms. The summed E-state index contributed by atoms with van der Waals surface area (Å²) in [4.78, 5) is 7.71. The lowest BCUT2D eigenvalue weighted by Gasteiger charge is -2.02. The van der Waals surface area contributed by atoms with Crippen molar-refractivity contribution in [2.45, 2.75) is 6.54 Å². The van der Waals surface area contributed by atoms with Crippen molar-refractivity contribution < 1.29 is 4.74 Å². The fourth-order valence-corrected chi connectivity index (χ4v) is 2.20. The van der Waals surface area contributed by atoms with Gasteiger partial charge in [-0.3, -0.25) is 4.99 Å². The van der Waals surface area contributed by atoms with Crippen molar-refractivity contribution in [1.29, 1.82) is 0 Å². The number of hydrogen-bond acceptors (Lipinski definition) is 2. The molecule has 0 unspecified atom stereocenters. The monoisotopic (exact) mass is 279 g/mol. The van der Waals surface area contributed by atoms with Gasteiger partial charge >= 0.3 is 0 Å². The second-order valence-corrected chi connectivity index (χ2v) is 4.82. The van der Waals surface area contributed by atoms with E-state index in [9.17, 15) is 0 Å². The number of ether oxygens (including phenoxy) is 1. The molecule has 0 aliphatic carbocycles. The number of amidine groups is 1. The van der Waals surface area contributed by atoms with E-state index >= 15 is 0 Å². The van der Waals surface area contributed by atoms with E-state index < -0.39 is 0 Å². The van der Waals surface area contributed by atoms with Crippen LogP contribution in [0.25, 0.3) is 10.9 Å². The van der Waals surface area contributed by atoms with E-state index in [0.717, 1.165) is 27.9 Å². The minimum Gasteiger partial charge on any atom is -0.497 e. The number of para-hydroxylation sites is 1. The highest BCUT2D eigenvalue weighted by atomic mass is 16.5. The predicted octanol–water partition coefficient (Wildman–Crippen LogP) is 3.08. The molecular weight excluding hydrogens is 262 g/mol. The summed E-state index contributed by atoms with van der Waals surface area (Å²) in [7, 11) is 1.65. The van der Waals surface area contributed by atoms with Crippen LogP contribution in [0.4, 0.5) is 0 Å². The summed E-state index contributed by atoms with van der Waals surface area (Å²) < 4.78 is 5.13. The molecule has 3 N–H and O–H groups in total. The normalized spacial score (nSPS) is 11.8. The van der Waals surface area contributed by atoms with E-state index in [4.69, 9.17) is 10.5 Å². The number of nitrogens with one attached hydrogen (secondary N) is 1. The van der Waals surface area contributed by atoms with E-state index in [1.807, 2.05) is 54.6 Å². The van der Waals surface area contributed by atoms with Gasteiger partial charge in [0.1, 0.15) is 11.6 Å². The molecule has 0 amide bonds. The molecule has 1 aromatic heterocycles. The van der Waals surface area contributed by atoms with Gasteiger partial charge < -0.3 is 15.5 Å². The summed E-state index contributed by atoms with van der Waals surface area (Å²) in [6, 6.07) is 17.9. The zero-order valence-electron chi connectivity index (χ0n) is 11.8. The lowest BCUT2D eigenvalue weighted by atomic mass is 10.2. The molecule has 0 fully saturated rings. The molecule has 0 aliphatic heterocycles. The molecule has 4 heteroatoms. The molecule has 0 saturated heterocycles. The first-order valence-electron chi connectivity index (χ1n) is 6.77. The molecule has 3 rings (SSSR count). The number of aliphatic imine (C=N–C) groups is 1. The number of benzene rings is 2. The smallest absolute Gasteiger partial charge is 0.142 e. The Balaban J connectivity index is 1.78. The molecule has 0 atom stereocenters. The van der Waals surface area contributed by atoms with Crippen molar-refractivity contribution in [1.82, 2.24) is 4.98 Å². The summed E-state index contributed by atoms with van der Waals surface area (Å²) in [6.07, 6.45) is 0. The highest BCUT2D eigenvalue weighted by Crippen LogP contribution is 2.15. The molecule has 3 aromatic rings.